The summed E-state index contributed by atoms with van der Waals surface area (Å²) < 4.78 is 0. The average Bonchev–Trinajstić information content (AvgIpc) is 2.55. The molecule has 1 heterocycles. The minimum Gasteiger partial charge on any atom is -0.0608 e. The van der Waals surface area contributed by atoms with Crippen LogP contribution in [0.5, 0.6) is 0 Å². The smallest absolute Gasteiger partial charge is 0.0151 e. The molecule has 1 aliphatic carbocycles. The van der Waals surface area contributed by atoms with Crippen LogP contribution in [0.15, 0.2) is 23.3 Å². The topological polar surface area (TPSA) is 0 Å². The van der Waals surface area contributed by atoms with Crippen molar-refractivity contribution in [3.8, 4) is 0 Å². The Labute approximate surface area is 83.3 Å². The maximum Gasteiger partial charge on any atom is -0.0151 e. The van der Waals surface area contributed by atoms with Crippen LogP contribution >= 0.6 is 8.58 Å². The van der Waals surface area contributed by atoms with Crippen molar-refractivity contribution >= 4 is 8.58 Å². The lowest BCUT2D eigenvalue weighted by molar-refractivity contribution is 0.431. The number of rotatable bonds is 1. The third-order valence-corrected chi connectivity index (χ3v) is 4.23. The highest BCUT2D eigenvalue weighted by molar-refractivity contribution is 7.47. The van der Waals surface area contributed by atoms with Crippen molar-refractivity contribution < 1.29 is 0 Å². The quantitative estimate of drug-likeness (QED) is 0.529. The maximum absolute atomic E-state index is 2.34. The summed E-state index contributed by atoms with van der Waals surface area (Å²) in [5, 5.41) is 1.68. The Kier molecular flexibility index (Phi) is 3.61. The normalized spacial score (nSPS) is 27.2. The first-order valence-electron chi connectivity index (χ1n) is 5.54. The van der Waals surface area contributed by atoms with Gasteiger partial charge in [0.1, 0.15) is 0 Å². The fraction of sp³-hybridized carbons (Fsp3) is 0.667. The van der Waals surface area contributed by atoms with Crippen LogP contribution < -0.4 is 0 Å². The molecule has 0 nitrogen and oxygen atoms in total. The molecule has 0 aromatic carbocycles. The monoisotopic (exact) mass is 193 g/mol. The first kappa shape index (κ1) is 9.46. The van der Waals surface area contributed by atoms with E-state index in [0.29, 0.717) is 0 Å². The van der Waals surface area contributed by atoms with E-state index in [1.807, 2.05) is 0 Å². The summed E-state index contributed by atoms with van der Waals surface area (Å²) in [6.07, 6.45) is 14.8. The van der Waals surface area contributed by atoms with Crippen LogP contribution in [-0.2, 0) is 0 Å². The van der Waals surface area contributed by atoms with E-state index in [4.69, 9.17) is 0 Å². The van der Waals surface area contributed by atoms with E-state index in [9.17, 15) is 0 Å². The summed E-state index contributed by atoms with van der Waals surface area (Å²) in [6, 6.07) is 0. The van der Waals surface area contributed by atoms with Gasteiger partial charge in [-0.1, -0.05) is 50.1 Å². The van der Waals surface area contributed by atoms with Gasteiger partial charge in [0.25, 0.3) is 0 Å². The molecule has 0 bridgehead atoms. The maximum atomic E-state index is 2.34. The zero-order valence-corrected chi connectivity index (χ0v) is 9.10. The van der Waals surface area contributed by atoms with Gasteiger partial charge in [-0.15, -0.1) is 0 Å². The summed E-state index contributed by atoms with van der Waals surface area (Å²) in [5.74, 6) is 3.19. The lowest BCUT2D eigenvalue weighted by Crippen LogP contribution is -2.03. The van der Waals surface area contributed by atoms with E-state index in [2.05, 4.69) is 18.0 Å². The Bertz CT molecular complexity index is 207. The van der Waals surface area contributed by atoms with Gasteiger partial charge < -0.3 is 0 Å². The van der Waals surface area contributed by atoms with Gasteiger partial charge in [-0.2, -0.15) is 0 Å². The lowest BCUT2D eigenvalue weighted by atomic mass is 9.91. The van der Waals surface area contributed by atoms with Gasteiger partial charge in [-0.05, 0) is 32.7 Å². The number of hydrogen-bond donors (Lipinski definition) is 0. The fourth-order valence-electron chi connectivity index (χ4n) is 2.31. The fourth-order valence-corrected chi connectivity index (χ4v) is 3.29. The highest BCUT2D eigenvalue weighted by Crippen LogP contribution is 2.41. The Morgan fingerprint density at radius 2 is 1.69 bits per heavy atom. The highest BCUT2D eigenvalue weighted by Gasteiger charge is 2.16. The first-order valence-corrected chi connectivity index (χ1v) is 6.51. The van der Waals surface area contributed by atoms with Crippen molar-refractivity contribution in [3.05, 3.63) is 23.3 Å². The summed E-state index contributed by atoms with van der Waals surface area (Å²) in [4.78, 5) is 0. The molecule has 2 aliphatic rings. The molecule has 0 unspecified atom stereocenters. The summed E-state index contributed by atoms with van der Waals surface area (Å²) >= 11 is 0. The molecule has 1 saturated carbocycles. The second-order valence-electron chi connectivity index (χ2n) is 4.10. The third kappa shape index (κ3) is 2.68. The largest absolute Gasteiger partial charge is 0.0608 e. The number of hydrogen-bond acceptors (Lipinski definition) is 0. The van der Waals surface area contributed by atoms with Crippen LogP contribution in [0.4, 0.5) is 0 Å². The van der Waals surface area contributed by atoms with Crippen LogP contribution in [0.2, 0.25) is 0 Å². The predicted octanol–water partition coefficient (Wildman–Crippen LogP) is 4.70. The van der Waals surface area contributed by atoms with Crippen LogP contribution in [-0.4, -0.2) is 0 Å². The van der Waals surface area contributed by atoms with Crippen LogP contribution in [0.3, 0.4) is 0 Å². The molecular formula is C12H18P. The minimum absolute atomic E-state index is 0.914. The van der Waals surface area contributed by atoms with E-state index in [-0.39, 0.29) is 0 Å². The molecule has 1 fully saturated rings. The molecule has 13 heavy (non-hydrogen) atoms. The molecule has 0 aromatic rings. The molecule has 1 aliphatic heterocycles. The molecule has 0 spiro atoms. The van der Waals surface area contributed by atoms with Gasteiger partial charge in [0.05, 0.1) is 0 Å². The zero-order chi connectivity index (χ0) is 8.93. The Morgan fingerprint density at radius 1 is 1.00 bits per heavy atom. The molecule has 1 heteroatoms. The molecular weight excluding hydrogens is 175 g/mol. The lowest BCUT2D eigenvalue weighted by Gasteiger charge is -2.20. The summed E-state index contributed by atoms with van der Waals surface area (Å²) in [5.41, 5.74) is 0. The van der Waals surface area contributed by atoms with Gasteiger partial charge in [0, 0.05) is 0 Å². The van der Waals surface area contributed by atoms with Crippen molar-refractivity contribution in [2.45, 2.75) is 44.9 Å². The Hall–Kier alpha value is -0.0900. The molecule has 2 rings (SSSR count). The highest BCUT2D eigenvalue weighted by atomic mass is 31.1. The average molecular weight is 193 g/mol. The third-order valence-electron chi connectivity index (χ3n) is 3.10. The zero-order valence-electron chi connectivity index (χ0n) is 8.21. The van der Waals surface area contributed by atoms with Gasteiger partial charge in [-0.3, -0.25) is 0 Å². The second kappa shape index (κ2) is 4.96. The van der Waals surface area contributed by atoms with Crippen molar-refractivity contribution in [2.24, 2.45) is 5.92 Å². The van der Waals surface area contributed by atoms with E-state index in [1.54, 1.807) is 5.31 Å². The first-order chi connectivity index (χ1) is 6.47. The van der Waals surface area contributed by atoms with Gasteiger partial charge in [-0.25, -0.2) is 0 Å². The van der Waals surface area contributed by atoms with Crippen LogP contribution in [0.1, 0.15) is 44.9 Å². The number of allylic oxidation sites excluding steroid dienone is 3. The molecule has 0 aromatic heterocycles. The van der Waals surface area contributed by atoms with Crippen LogP contribution in [0.25, 0.3) is 0 Å². The minimum atomic E-state index is 0.914. The summed E-state index contributed by atoms with van der Waals surface area (Å²) in [6.45, 7) is 0. The van der Waals surface area contributed by atoms with E-state index < -0.39 is 0 Å². The molecule has 0 N–H and O–H groups in total. The van der Waals surface area contributed by atoms with Crippen molar-refractivity contribution in [1.29, 1.82) is 0 Å². The summed E-state index contributed by atoms with van der Waals surface area (Å²) in [7, 11) is 1.48. The van der Waals surface area contributed by atoms with Gasteiger partial charge >= 0.3 is 0 Å². The molecule has 0 saturated heterocycles. The van der Waals surface area contributed by atoms with Crippen molar-refractivity contribution in [3.63, 3.8) is 0 Å². The Balaban J connectivity index is 1.88. The second-order valence-corrected chi connectivity index (χ2v) is 5.18. The van der Waals surface area contributed by atoms with Crippen LogP contribution in [0, 0.1) is 5.92 Å². The Morgan fingerprint density at radius 3 is 2.31 bits per heavy atom. The standard InChI is InChI=1S/C12H18P/c1-2-4-7-11(8-5-3-1)12-9-6-10-13-12/h6,9-11H,1-5,7-8H2. The molecule has 0 atom stereocenters. The van der Waals surface area contributed by atoms with Crippen molar-refractivity contribution in [2.75, 3.05) is 0 Å². The predicted molar refractivity (Wildman–Crippen MR) is 60.0 cm³/mol. The molecule has 1 radical (unpaired) electrons. The molecule has 0 amide bonds. The van der Waals surface area contributed by atoms with E-state index >= 15 is 0 Å². The van der Waals surface area contributed by atoms with E-state index in [1.165, 1.54) is 53.5 Å². The van der Waals surface area contributed by atoms with Crippen molar-refractivity contribution in [1.82, 2.24) is 0 Å². The van der Waals surface area contributed by atoms with E-state index in [0.717, 1.165) is 5.92 Å². The van der Waals surface area contributed by atoms with Gasteiger partial charge in [0.15, 0.2) is 0 Å². The molecule has 71 valence electrons. The SMILES string of the molecule is C1=C[P]C(C2CCCCCCC2)=C1. The van der Waals surface area contributed by atoms with Gasteiger partial charge in [0.2, 0.25) is 0 Å².